The number of nitrogen functional groups attached to an aromatic ring is 1. The first-order valence-electron chi connectivity index (χ1n) is 7.76. The first kappa shape index (κ1) is 20.1. The molecule has 0 spiro atoms. The van der Waals surface area contributed by atoms with Crippen molar-refractivity contribution in [2.45, 2.75) is 32.8 Å². The molecule has 134 valence electrons. The van der Waals surface area contributed by atoms with Crippen LogP contribution in [-0.4, -0.2) is 54.6 Å². The highest BCUT2D eigenvalue weighted by atomic mass is 35.5. The molecule has 0 saturated carbocycles. The number of halogens is 1. The van der Waals surface area contributed by atoms with Crippen LogP contribution in [0.4, 0.5) is 10.5 Å². The average molecular weight is 356 g/mol. The first-order valence-corrected chi connectivity index (χ1v) is 8.13. The zero-order valence-electron chi connectivity index (χ0n) is 14.9. The van der Waals surface area contributed by atoms with E-state index in [2.05, 4.69) is 0 Å². The minimum atomic E-state index is -0.524. The van der Waals surface area contributed by atoms with Crippen LogP contribution in [0.25, 0.3) is 0 Å². The van der Waals surface area contributed by atoms with Gasteiger partial charge in [-0.25, -0.2) is 4.79 Å². The van der Waals surface area contributed by atoms with Gasteiger partial charge in [0.2, 0.25) is 0 Å². The molecular weight excluding hydrogens is 330 g/mol. The van der Waals surface area contributed by atoms with Crippen LogP contribution < -0.4 is 5.73 Å². The molecular formula is C17H26ClN3O3. The van der Waals surface area contributed by atoms with Crippen molar-refractivity contribution in [3.8, 4) is 0 Å². The molecule has 0 aliphatic carbocycles. The van der Waals surface area contributed by atoms with E-state index in [4.69, 9.17) is 22.1 Å². The molecule has 0 heterocycles. The van der Waals surface area contributed by atoms with Crippen LogP contribution in [0.3, 0.4) is 0 Å². The van der Waals surface area contributed by atoms with Crippen LogP contribution in [-0.2, 0) is 4.74 Å². The summed E-state index contributed by atoms with van der Waals surface area (Å²) in [6.45, 7) is 6.44. The van der Waals surface area contributed by atoms with Crippen molar-refractivity contribution in [3.63, 3.8) is 0 Å². The number of hydrogen-bond acceptors (Lipinski definition) is 4. The minimum Gasteiger partial charge on any atom is -0.444 e. The fourth-order valence-electron chi connectivity index (χ4n) is 1.99. The first-order chi connectivity index (χ1) is 11.0. The van der Waals surface area contributed by atoms with Gasteiger partial charge >= 0.3 is 6.09 Å². The van der Waals surface area contributed by atoms with Crippen molar-refractivity contribution in [3.05, 3.63) is 28.8 Å². The van der Waals surface area contributed by atoms with Crippen molar-refractivity contribution in [1.82, 2.24) is 9.80 Å². The SMILES string of the molecule is CN(CCCN(C)C(=O)c1ccc(N)cc1Cl)C(=O)OC(C)(C)C. The van der Waals surface area contributed by atoms with Gasteiger partial charge in [-0.05, 0) is 45.4 Å². The maximum Gasteiger partial charge on any atom is 0.410 e. The van der Waals surface area contributed by atoms with E-state index in [1.807, 2.05) is 20.8 Å². The molecule has 1 aromatic rings. The lowest BCUT2D eigenvalue weighted by molar-refractivity contribution is 0.0294. The van der Waals surface area contributed by atoms with Gasteiger partial charge < -0.3 is 20.3 Å². The number of anilines is 1. The van der Waals surface area contributed by atoms with Crippen LogP contribution in [0.2, 0.25) is 5.02 Å². The van der Waals surface area contributed by atoms with Gasteiger partial charge in [-0.1, -0.05) is 11.6 Å². The standard InChI is InChI=1S/C17H26ClN3O3/c1-17(2,3)24-16(23)21(5)10-6-9-20(4)15(22)13-8-7-12(19)11-14(13)18/h7-8,11H,6,9-10,19H2,1-5H3. The predicted octanol–water partition coefficient (Wildman–Crippen LogP) is 3.25. The number of benzene rings is 1. The summed E-state index contributed by atoms with van der Waals surface area (Å²) >= 11 is 6.06. The van der Waals surface area contributed by atoms with E-state index >= 15 is 0 Å². The largest absolute Gasteiger partial charge is 0.444 e. The van der Waals surface area contributed by atoms with Crippen LogP contribution in [0, 0.1) is 0 Å². The lowest BCUT2D eigenvalue weighted by atomic mass is 10.2. The van der Waals surface area contributed by atoms with Crippen molar-refractivity contribution in [1.29, 1.82) is 0 Å². The second-order valence-electron chi connectivity index (χ2n) is 6.72. The van der Waals surface area contributed by atoms with Gasteiger partial charge in [0.1, 0.15) is 5.60 Å². The molecule has 2 N–H and O–H groups in total. The molecule has 1 rings (SSSR count). The molecule has 0 aliphatic rings. The van der Waals surface area contributed by atoms with E-state index in [1.165, 1.54) is 4.90 Å². The summed E-state index contributed by atoms with van der Waals surface area (Å²) in [6.07, 6.45) is 0.253. The smallest absolute Gasteiger partial charge is 0.410 e. The molecule has 0 aromatic heterocycles. The number of ether oxygens (including phenoxy) is 1. The Balaban J connectivity index is 2.49. The Morgan fingerprint density at radius 1 is 1.17 bits per heavy atom. The number of carbonyl (C=O) groups excluding carboxylic acids is 2. The number of hydrogen-bond donors (Lipinski definition) is 1. The minimum absolute atomic E-state index is 0.181. The molecule has 7 heteroatoms. The number of carbonyl (C=O) groups is 2. The second kappa shape index (κ2) is 8.24. The summed E-state index contributed by atoms with van der Waals surface area (Å²) in [6, 6.07) is 4.81. The molecule has 0 atom stereocenters. The number of rotatable bonds is 5. The molecule has 6 nitrogen and oxygen atoms in total. The average Bonchev–Trinajstić information content (AvgIpc) is 2.44. The Bertz CT molecular complexity index is 599. The highest BCUT2D eigenvalue weighted by Gasteiger charge is 2.20. The van der Waals surface area contributed by atoms with Gasteiger partial charge in [-0.15, -0.1) is 0 Å². The van der Waals surface area contributed by atoms with Crippen molar-refractivity contribution in [2.75, 3.05) is 32.9 Å². The molecule has 0 fully saturated rings. The van der Waals surface area contributed by atoms with E-state index in [9.17, 15) is 9.59 Å². The molecule has 24 heavy (non-hydrogen) atoms. The lowest BCUT2D eigenvalue weighted by Gasteiger charge is -2.25. The Labute approximate surface area is 148 Å². The Morgan fingerprint density at radius 3 is 2.29 bits per heavy atom. The fraction of sp³-hybridized carbons (Fsp3) is 0.529. The maximum atomic E-state index is 12.4. The van der Waals surface area contributed by atoms with E-state index in [0.717, 1.165) is 0 Å². The molecule has 1 aromatic carbocycles. The van der Waals surface area contributed by atoms with Gasteiger partial charge in [-0.3, -0.25) is 4.79 Å². The van der Waals surface area contributed by atoms with Crippen LogP contribution in [0.1, 0.15) is 37.6 Å². The number of nitrogens with two attached hydrogens (primary N) is 1. The zero-order valence-corrected chi connectivity index (χ0v) is 15.7. The Morgan fingerprint density at radius 2 is 1.75 bits per heavy atom. The van der Waals surface area contributed by atoms with Gasteiger partial charge in [0.15, 0.2) is 0 Å². The molecule has 0 bridgehead atoms. The Kier molecular flexibility index (Phi) is 6.90. The zero-order chi connectivity index (χ0) is 18.5. The third-order valence-corrected chi connectivity index (χ3v) is 3.58. The summed E-state index contributed by atoms with van der Waals surface area (Å²) in [4.78, 5) is 27.3. The fourth-order valence-corrected chi connectivity index (χ4v) is 2.26. The number of nitrogens with zero attached hydrogens (tertiary/aromatic N) is 2. The predicted molar refractivity (Wildman–Crippen MR) is 96.3 cm³/mol. The van der Waals surface area contributed by atoms with E-state index in [0.29, 0.717) is 35.8 Å². The summed E-state index contributed by atoms with van der Waals surface area (Å²) in [5.74, 6) is -0.181. The second-order valence-corrected chi connectivity index (χ2v) is 7.13. The molecule has 0 saturated heterocycles. The lowest BCUT2D eigenvalue weighted by Crippen LogP contribution is -2.36. The van der Waals surface area contributed by atoms with Crippen LogP contribution in [0.15, 0.2) is 18.2 Å². The quantitative estimate of drug-likeness (QED) is 0.822. The van der Waals surface area contributed by atoms with Gasteiger partial charge in [0.05, 0.1) is 10.6 Å². The summed E-state index contributed by atoms with van der Waals surface area (Å²) < 4.78 is 5.28. The molecule has 0 radical (unpaired) electrons. The third kappa shape index (κ3) is 6.28. The van der Waals surface area contributed by atoms with Crippen molar-refractivity contribution in [2.24, 2.45) is 0 Å². The van der Waals surface area contributed by atoms with Crippen molar-refractivity contribution >= 4 is 29.3 Å². The third-order valence-electron chi connectivity index (χ3n) is 3.26. The molecule has 0 unspecified atom stereocenters. The van der Waals surface area contributed by atoms with E-state index in [1.54, 1.807) is 37.2 Å². The van der Waals surface area contributed by atoms with E-state index in [-0.39, 0.29) is 12.0 Å². The summed E-state index contributed by atoms with van der Waals surface area (Å²) in [5.41, 5.74) is 6.03. The summed E-state index contributed by atoms with van der Waals surface area (Å²) in [5, 5.41) is 0.331. The van der Waals surface area contributed by atoms with E-state index < -0.39 is 5.60 Å². The monoisotopic (exact) mass is 355 g/mol. The topological polar surface area (TPSA) is 75.9 Å². The maximum absolute atomic E-state index is 12.4. The van der Waals surface area contributed by atoms with Gasteiger partial charge in [0, 0.05) is 32.9 Å². The number of amides is 2. The highest BCUT2D eigenvalue weighted by Crippen LogP contribution is 2.20. The molecule has 2 amide bonds. The summed E-state index contributed by atoms with van der Waals surface area (Å²) in [7, 11) is 3.37. The van der Waals surface area contributed by atoms with Gasteiger partial charge in [-0.2, -0.15) is 0 Å². The molecule has 0 aliphatic heterocycles. The highest BCUT2D eigenvalue weighted by molar-refractivity contribution is 6.34. The van der Waals surface area contributed by atoms with Crippen molar-refractivity contribution < 1.29 is 14.3 Å². The normalized spacial score (nSPS) is 11.1. The van der Waals surface area contributed by atoms with Crippen LogP contribution >= 0.6 is 11.6 Å². The van der Waals surface area contributed by atoms with Crippen LogP contribution in [0.5, 0.6) is 0 Å². The van der Waals surface area contributed by atoms with Gasteiger partial charge in [0.25, 0.3) is 5.91 Å². The Hall–Kier alpha value is -1.95.